The minimum atomic E-state index is 0. The first kappa shape index (κ1) is 10.6. The SMILES string of the molecule is [CH-]=CN=[C-]c1ccccn1.[U+2]. The predicted molar refractivity (Wildman–Crippen MR) is 39.6 cm³/mol. The van der Waals surface area contributed by atoms with Crippen LogP contribution in [0.3, 0.4) is 0 Å². The average Bonchev–Trinajstić information content (AvgIpc) is 2.03. The minimum absolute atomic E-state index is 0. The number of rotatable bonds is 2. The summed E-state index contributed by atoms with van der Waals surface area (Å²) in [5.74, 6) is 0. The van der Waals surface area contributed by atoms with Crippen LogP contribution < -0.4 is 0 Å². The Balaban J connectivity index is 0.000001000. The van der Waals surface area contributed by atoms with Gasteiger partial charge in [-0.05, 0) is 5.69 Å². The number of aromatic nitrogens is 1. The third-order valence-electron chi connectivity index (χ3n) is 0.919. The molecule has 0 saturated carbocycles. The number of nitrogens with zero attached hydrogens (tertiary/aromatic N) is 2. The van der Waals surface area contributed by atoms with E-state index < -0.39 is 0 Å². The third-order valence-corrected chi connectivity index (χ3v) is 0.919. The molecule has 0 bridgehead atoms. The predicted octanol–water partition coefficient (Wildman–Crippen LogP) is 1.32. The summed E-state index contributed by atoms with van der Waals surface area (Å²) in [5, 5.41) is 0. The van der Waals surface area contributed by atoms with Crippen LogP contribution in [0.2, 0.25) is 0 Å². The Labute approximate surface area is 89.8 Å². The fraction of sp³-hybridized carbons (Fsp3) is 0. The van der Waals surface area contributed by atoms with Crippen LogP contribution in [0.4, 0.5) is 0 Å². The molecule has 3 heteroatoms. The van der Waals surface area contributed by atoms with Crippen molar-refractivity contribution in [3.05, 3.63) is 42.9 Å². The summed E-state index contributed by atoms with van der Waals surface area (Å²) in [6.45, 7) is 4.99. The van der Waals surface area contributed by atoms with Crippen molar-refractivity contribution in [2.24, 2.45) is 4.99 Å². The quantitative estimate of drug-likeness (QED) is 0.571. The van der Waals surface area contributed by atoms with E-state index in [-0.39, 0.29) is 31.1 Å². The van der Waals surface area contributed by atoms with Crippen molar-refractivity contribution in [2.75, 3.05) is 0 Å². The number of pyridine rings is 1. The molecule has 0 aromatic carbocycles. The molecule has 0 aliphatic heterocycles. The largest absolute Gasteiger partial charge is 2.00 e. The van der Waals surface area contributed by atoms with Crippen LogP contribution >= 0.6 is 0 Å². The normalized spacial score (nSPS) is 9.09. The van der Waals surface area contributed by atoms with Gasteiger partial charge in [0.15, 0.2) is 0 Å². The molecule has 1 rings (SSSR count). The molecule has 0 N–H and O–H groups in total. The molecule has 1 heterocycles. The van der Waals surface area contributed by atoms with Crippen molar-refractivity contribution < 1.29 is 31.1 Å². The van der Waals surface area contributed by atoms with E-state index in [9.17, 15) is 0 Å². The number of aliphatic imine (C=N–C) groups is 1. The molecular weight excluding hydrogens is 362 g/mol. The molecule has 0 unspecified atom stereocenters. The summed E-state index contributed by atoms with van der Waals surface area (Å²) >= 11 is 0. The summed E-state index contributed by atoms with van der Waals surface area (Å²) in [4.78, 5) is 7.52. The first-order valence-electron chi connectivity index (χ1n) is 2.84. The first-order chi connectivity index (χ1) is 4.93. The van der Waals surface area contributed by atoms with Gasteiger partial charge in [0, 0.05) is 6.20 Å². The zero-order chi connectivity index (χ0) is 7.23. The van der Waals surface area contributed by atoms with E-state index in [0.29, 0.717) is 5.69 Å². The summed E-state index contributed by atoms with van der Waals surface area (Å²) in [5.41, 5.74) is 0.684. The zero-order valence-corrected chi connectivity index (χ0v) is 10.0. The zero-order valence-electron chi connectivity index (χ0n) is 5.86. The maximum Gasteiger partial charge on any atom is 2.00 e. The average molecular weight is 368 g/mol. The van der Waals surface area contributed by atoms with Gasteiger partial charge in [0.05, 0.1) is 0 Å². The van der Waals surface area contributed by atoms with Crippen LogP contribution in [0.5, 0.6) is 0 Å². The second-order valence-electron chi connectivity index (χ2n) is 1.60. The molecule has 11 heavy (non-hydrogen) atoms. The van der Waals surface area contributed by atoms with E-state index in [0.717, 1.165) is 0 Å². The van der Waals surface area contributed by atoms with Crippen LogP contribution in [0.15, 0.2) is 35.6 Å². The van der Waals surface area contributed by atoms with Crippen LogP contribution in [0, 0.1) is 37.7 Å². The van der Waals surface area contributed by atoms with E-state index in [2.05, 4.69) is 16.2 Å². The van der Waals surface area contributed by atoms with E-state index in [1.54, 1.807) is 12.3 Å². The van der Waals surface area contributed by atoms with E-state index in [4.69, 9.17) is 6.58 Å². The first-order valence-corrected chi connectivity index (χ1v) is 2.84. The Morgan fingerprint density at radius 1 is 1.55 bits per heavy atom. The molecule has 0 radical (unpaired) electrons. The summed E-state index contributed by atoms with van der Waals surface area (Å²) in [7, 11) is 0. The monoisotopic (exact) mass is 368 g/mol. The van der Waals surface area contributed by atoms with Gasteiger partial charge in [-0.2, -0.15) is 0 Å². The fourth-order valence-electron chi connectivity index (χ4n) is 0.532. The van der Waals surface area contributed by atoms with Gasteiger partial charge < -0.3 is 11.6 Å². The smallest absolute Gasteiger partial charge is 0.566 e. The van der Waals surface area contributed by atoms with Gasteiger partial charge in [-0.3, -0.25) is 11.2 Å². The minimum Gasteiger partial charge on any atom is -0.566 e. The fourth-order valence-corrected chi connectivity index (χ4v) is 0.532. The van der Waals surface area contributed by atoms with Crippen molar-refractivity contribution in [1.82, 2.24) is 4.98 Å². The summed E-state index contributed by atoms with van der Waals surface area (Å²) < 4.78 is 0. The maximum absolute atomic E-state index is 4.99. The Kier molecular flexibility index (Phi) is 6.11. The van der Waals surface area contributed by atoms with Gasteiger partial charge >= 0.3 is 31.1 Å². The molecule has 0 fully saturated rings. The van der Waals surface area contributed by atoms with E-state index >= 15 is 0 Å². The molecule has 52 valence electrons. The van der Waals surface area contributed by atoms with Gasteiger partial charge in [0.1, 0.15) is 0 Å². The van der Waals surface area contributed by atoms with Gasteiger partial charge in [0.2, 0.25) is 0 Å². The third kappa shape index (κ3) is 4.13. The Hall–Kier alpha value is -0.388. The van der Waals surface area contributed by atoms with Crippen LogP contribution in [0.25, 0.3) is 0 Å². The summed E-state index contributed by atoms with van der Waals surface area (Å²) in [6, 6.07) is 5.49. The van der Waals surface area contributed by atoms with Crippen molar-refractivity contribution in [3.63, 3.8) is 0 Å². The molecule has 2 nitrogen and oxygen atoms in total. The van der Waals surface area contributed by atoms with Crippen molar-refractivity contribution in [3.8, 4) is 0 Å². The molecule has 0 saturated heterocycles. The van der Waals surface area contributed by atoms with Crippen molar-refractivity contribution >= 4 is 6.21 Å². The Morgan fingerprint density at radius 3 is 2.91 bits per heavy atom. The number of hydrogen-bond acceptors (Lipinski definition) is 2. The second kappa shape index (κ2) is 6.33. The molecule has 1 aromatic heterocycles. The van der Waals surface area contributed by atoms with Crippen molar-refractivity contribution in [2.45, 2.75) is 0 Å². The molecule has 1 aromatic rings. The van der Waals surface area contributed by atoms with Crippen LogP contribution in [-0.2, 0) is 0 Å². The Morgan fingerprint density at radius 2 is 2.36 bits per heavy atom. The van der Waals surface area contributed by atoms with Gasteiger partial charge in [-0.1, -0.05) is 12.3 Å². The second-order valence-corrected chi connectivity index (χ2v) is 1.60. The Bertz CT molecular complexity index is 231. The number of hydrogen-bond donors (Lipinski definition) is 0. The van der Waals surface area contributed by atoms with E-state index in [1.165, 1.54) is 6.20 Å². The molecular formula is C8H6N2U. The molecule has 0 atom stereocenters. The van der Waals surface area contributed by atoms with Gasteiger partial charge in [-0.15, -0.1) is 12.1 Å². The topological polar surface area (TPSA) is 25.2 Å². The van der Waals surface area contributed by atoms with Gasteiger partial charge in [0.25, 0.3) is 0 Å². The van der Waals surface area contributed by atoms with Crippen molar-refractivity contribution in [1.29, 1.82) is 0 Å². The van der Waals surface area contributed by atoms with E-state index in [1.807, 2.05) is 12.1 Å². The van der Waals surface area contributed by atoms with Crippen LogP contribution in [0.1, 0.15) is 5.69 Å². The molecule has 0 aliphatic carbocycles. The molecule has 0 aliphatic rings. The molecule has 0 spiro atoms. The standard InChI is InChI=1S/C8H6N2.U/c1-2-9-7-8-5-3-4-6-10-8;/h1-6H;/q-2;+2. The van der Waals surface area contributed by atoms with Gasteiger partial charge in [-0.25, -0.2) is 0 Å². The maximum atomic E-state index is 4.99. The summed E-state index contributed by atoms with van der Waals surface area (Å²) in [6.07, 6.45) is 5.48. The van der Waals surface area contributed by atoms with Crippen LogP contribution in [-0.4, -0.2) is 11.2 Å². The molecule has 0 amide bonds.